The number of anilines is 1. The normalized spacial score (nSPS) is 20.3. The van der Waals surface area contributed by atoms with Crippen LogP contribution in [0.3, 0.4) is 0 Å². The maximum Gasteiger partial charge on any atom is 0.395 e. The van der Waals surface area contributed by atoms with Gasteiger partial charge in [-0.15, -0.1) is 0 Å². The first kappa shape index (κ1) is 20.3. The molecule has 0 bridgehead atoms. The van der Waals surface area contributed by atoms with E-state index in [1.54, 1.807) is 0 Å². The smallest absolute Gasteiger partial charge is 0.372 e. The Morgan fingerprint density at radius 1 is 0.931 bits per heavy atom. The number of benzene rings is 2. The van der Waals surface area contributed by atoms with E-state index in [1.165, 1.54) is 11.1 Å². The molecule has 29 heavy (non-hydrogen) atoms. The number of hydrogen-bond donors (Lipinski definition) is 0. The van der Waals surface area contributed by atoms with Crippen molar-refractivity contribution < 1.29 is 13.2 Å². The van der Waals surface area contributed by atoms with Crippen LogP contribution in [0.2, 0.25) is 0 Å². The van der Waals surface area contributed by atoms with Gasteiger partial charge in [-0.3, -0.25) is 0 Å². The summed E-state index contributed by atoms with van der Waals surface area (Å²) in [4.78, 5) is 4.32. The zero-order chi connectivity index (χ0) is 20.5. The number of piperidine rings is 1. The second-order valence-corrected chi connectivity index (χ2v) is 8.66. The highest BCUT2D eigenvalue weighted by atomic mass is 19.4. The summed E-state index contributed by atoms with van der Waals surface area (Å²) in [5, 5.41) is 0. The Morgan fingerprint density at radius 2 is 1.52 bits per heavy atom. The Kier molecular flexibility index (Phi) is 5.60. The number of nitrogens with zero attached hydrogens (tertiary/aromatic N) is 2. The number of likely N-dealkylation sites (tertiary alicyclic amines) is 1. The molecule has 156 valence electrons. The third kappa shape index (κ3) is 4.16. The first-order chi connectivity index (χ1) is 13.9. The van der Waals surface area contributed by atoms with Gasteiger partial charge < -0.3 is 9.80 Å². The summed E-state index contributed by atoms with van der Waals surface area (Å²) in [7, 11) is 2.10. The molecule has 2 aromatic rings. The van der Waals surface area contributed by atoms with Crippen LogP contribution in [0.25, 0.3) is 11.1 Å². The van der Waals surface area contributed by atoms with Crippen LogP contribution in [0.1, 0.15) is 32.1 Å². The molecule has 1 aliphatic carbocycles. The third-order valence-corrected chi connectivity index (χ3v) is 6.92. The molecule has 2 nitrogen and oxygen atoms in total. The van der Waals surface area contributed by atoms with Crippen LogP contribution in [-0.4, -0.2) is 43.8 Å². The lowest BCUT2D eigenvalue weighted by atomic mass is 9.67. The maximum atomic E-state index is 13.5. The van der Waals surface area contributed by atoms with Crippen molar-refractivity contribution in [1.29, 1.82) is 0 Å². The lowest BCUT2D eigenvalue weighted by Gasteiger charge is -2.48. The van der Waals surface area contributed by atoms with Crippen molar-refractivity contribution in [1.82, 2.24) is 4.90 Å². The Labute approximate surface area is 171 Å². The molecule has 1 saturated carbocycles. The molecule has 4 rings (SSSR count). The van der Waals surface area contributed by atoms with Crippen LogP contribution in [0, 0.1) is 5.41 Å². The predicted octanol–water partition coefficient (Wildman–Crippen LogP) is 5.99. The van der Waals surface area contributed by atoms with Gasteiger partial charge in [-0.25, -0.2) is 0 Å². The molecule has 0 N–H and O–H groups in total. The topological polar surface area (TPSA) is 6.48 Å². The number of alkyl halides is 3. The van der Waals surface area contributed by atoms with Gasteiger partial charge in [-0.2, -0.15) is 13.2 Å². The highest BCUT2D eigenvalue weighted by Crippen LogP contribution is 2.53. The van der Waals surface area contributed by atoms with E-state index in [2.05, 4.69) is 48.3 Å². The van der Waals surface area contributed by atoms with E-state index < -0.39 is 11.6 Å². The molecule has 0 amide bonds. The predicted molar refractivity (Wildman–Crippen MR) is 112 cm³/mol. The molecular formula is C24H29F3N2. The Hall–Kier alpha value is -2.01. The number of hydrogen-bond acceptors (Lipinski definition) is 2. The van der Waals surface area contributed by atoms with Gasteiger partial charge in [0.15, 0.2) is 0 Å². The number of rotatable bonds is 5. The van der Waals surface area contributed by atoms with E-state index >= 15 is 0 Å². The minimum Gasteiger partial charge on any atom is -0.372 e. The Morgan fingerprint density at radius 3 is 2.03 bits per heavy atom. The highest BCUT2D eigenvalue weighted by Gasteiger charge is 2.58. The third-order valence-electron chi connectivity index (χ3n) is 6.92. The van der Waals surface area contributed by atoms with E-state index in [0.717, 1.165) is 31.6 Å². The lowest BCUT2D eigenvalue weighted by molar-refractivity contribution is -0.256. The molecule has 1 aliphatic heterocycles. The summed E-state index contributed by atoms with van der Waals surface area (Å²) >= 11 is 0. The molecular weight excluding hydrogens is 373 g/mol. The van der Waals surface area contributed by atoms with Crippen LogP contribution in [-0.2, 0) is 0 Å². The molecule has 5 heteroatoms. The zero-order valence-corrected chi connectivity index (χ0v) is 17.0. The summed E-state index contributed by atoms with van der Waals surface area (Å²) in [5.74, 6) is 0. The summed E-state index contributed by atoms with van der Waals surface area (Å²) in [6, 6.07) is 19.2. The van der Waals surface area contributed by atoms with E-state index in [1.807, 2.05) is 23.1 Å². The fourth-order valence-corrected chi connectivity index (χ4v) is 4.76. The Balaban J connectivity index is 1.34. The fourth-order valence-electron chi connectivity index (χ4n) is 4.76. The summed E-state index contributed by atoms with van der Waals surface area (Å²) in [6.45, 7) is 1.67. The van der Waals surface area contributed by atoms with Crippen molar-refractivity contribution in [3.05, 3.63) is 54.6 Å². The minimum atomic E-state index is -4.07. The van der Waals surface area contributed by atoms with Gasteiger partial charge >= 0.3 is 6.18 Å². The first-order valence-corrected chi connectivity index (χ1v) is 10.6. The summed E-state index contributed by atoms with van der Waals surface area (Å²) < 4.78 is 40.4. The first-order valence-electron chi connectivity index (χ1n) is 10.6. The second kappa shape index (κ2) is 8.02. The molecule has 2 aliphatic rings. The van der Waals surface area contributed by atoms with Crippen LogP contribution in [0.15, 0.2) is 54.6 Å². The Bertz CT molecular complexity index is 789. The monoisotopic (exact) mass is 402 g/mol. The van der Waals surface area contributed by atoms with Crippen LogP contribution in [0.5, 0.6) is 0 Å². The quantitative estimate of drug-likeness (QED) is 0.606. The van der Waals surface area contributed by atoms with Crippen molar-refractivity contribution in [3.8, 4) is 11.1 Å². The summed E-state index contributed by atoms with van der Waals surface area (Å²) in [5.41, 5.74) is 2.10. The van der Waals surface area contributed by atoms with Crippen molar-refractivity contribution in [2.75, 3.05) is 31.6 Å². The molecule has 0 spiro atoms. The van der Waals surface area contributed by atoms with Gasteiger partial charge in [0.25, 0.3) is 0 Å². The van der Waals surface area contributed by atoms with Gasteiger partial charge in [0.05, 0.1) is 5.41 Å². The second-order valence-electron chi connectivity index (χ2n) is 8.66. The fraction of sp³-hybridized carbons (Fsp3) is 0.500. The molecule has 0 unspecified atom stereocenters. The van der Waals surface area contributed by atoms with Crippen LogP contribution >= 0.6 is 0 Å². The van der Waals surface area contributed by atoms with Crippen LogP contribution in [0.4, 0.5) is 18.9 Å². The van der Waals surface area contributed by atoms with Gasteiger partial charge in [0.2, 0.25) is 0 Å². The molecule has 0 radical (unpaired) electrons. The molecule has 0 atom stereocenters. The highest BCUT2D eigenvalue weighted by molar-refractivity contribution is 5.66. The van der Waals surface area contributed by atoms with Crippen molar-refractivity contribution in [2.45, 2.75) is 44.3 Å². The lowest BCUT2D eigenvalue weighted by Crippen LogP contribution is -2.54. The molecule has 2 fully saturated rings. The van der Waals surface area contributed by atoms with Crippen LogP contribution < -0.4 is 4.90 Å². The maximum absolute atomic E-state index is 13.5. The van der Waals surface area contributed by atoms with E-state index in [4.69, 9.17) is 0 Å². The average Bonchev–Trinajstić information content (AvgIpc) is 2.70. The average molecular weight is 403 g/mol. The van der Waals surface area contributed by atoms with Gasteiger partial charge in [0, 0.05) is 38.4 Å². The number of halogens is 3. The van der Waals surface area contributed by atoms with Gasteiger partial charge in [0.1, 0.15) is 0 Å². The summed E-state index contributed by atoms with van der Waals surface area (Å²) in [6.07, 6.45) is -0.957. The molecule has 1 heterocycles. The minimum absolute atomic E-state index is 0.179. The standard InChI is InChI=1S/C24H29F3N2/c1-28(21-10-8-20(9-11-21)19-6-3-2-4-7-19)22-12-16-29(17-13-22)18-23(14-5-15-23)24(25,26)27/h2-4,6-11,22H,5,12-18H2,1H3. The van der Waals surface area contributed by atoms with Crippen molar-refractivity contribution in [2.24, 2.45) is 5.41 Å². The SMILES string of the molecule is CN(c1ccc(-c2ccccc2)cc1)C1CCN(CC2(C(F)(F)F)CCC2)CC1. The largest absolute Gasteiger partial charge is 0.395 e. The van der Waals surface area contributed by atoms with E-state index in [-0.39, 0.29) is 6.54 Å². The molecule has 1 saturated heterocycles. The van der Waals surface area contributed by atoms with Crippen molar-refractivity contribution in [3.63, 3.8) is 0 Å². The molecule has 2 aromatic carbocycles. The van der Waals surface area contributed by atoms with E-state index in [0.29, 0.717) is 25.3 Å². The zero-order valence-electron chi connectivity index (χ0n) is 17.0. The molecule has 0 aromatic heterocycles. The van der Waals surface area contributed by atoms with E-state index in [9.17, 15) is 13.2 Å². The van der Waals surface area contributed by atoms with Gasteiger partial charge in [-0.1, -0.05) is 48.9 Å². The van der Waals surface area contributed by atoms with Gasteiger partial charge in [-0.05, 0) is 48.9 Å². The van der Waals surface area contributed by atoms with Crippen molar-refractivity contribution >= 4 is 5.69 Å².